The van der Waals surface area contributed by atoms with Crippen molar-refractivity contribution < 1.29 is 19.4 Å². The molecule has 0 spiro atoms. The summed E-state index contributed by atoms with van der Waals surface area (Å²) in [6.45, 7) is -0.155. The molecule has 0 unspecified atom stereocenters. The van der Waals surface area contributed by atoms with Crippen molar-refractivity contribution in [1.29, 1.82) is 0 Å². The molecule has 1 atom stereocenters. The Bertz CT molecular complexity index is 969. The van der Waals surface area contributed by atoms with Gasteiger partial charge in [-0.2, -0.15) is 5.10 Å². The number of nitrogens with one attached hydrogen (secondary N) is 1. The molecule has 0 saturated heterocycles. The van der Waals surface area contributed by atoms with Crippen molar-refractivity contribution in [2.45, 2.75) is 12.5 Å². The molecule has 29 heavy (non-hydrogen) atoms. The fourth-order valence-electron chi connectivity index (χ4n) is 3.14. The Morgan fingerprint density at radius 1 is 1.14 bits per heavy atom. The van der Waals surface area contributed by atoms with Gasteiger partial charge >= 0.3 is 0 Å². The van der Waals surface area contributed by atoms with Crippen molar-refractivity contribution in [3.63, 3.8) is 0 Å². The zero-order valence-electron chi connectivity index (χ0n) is 16.8. The Balaban J connectivity index is 1.80. The lowest BCUT2D eigenvalue weighted by Gasteiger charge is -2.16. The third kappa shape index (κ3) is 4.75. The molecule has 152 valence electrons. The Morgan fingerprint density at radius 3 is 2.55 bits per heavy atom. The van der Waals surface area contributed by atoms with E-state index < -0.39 is 6.04 Å². The largest absolute Gasteiger partial charge is 0.497 e. The molecule has 0 aliphatic carbocycles. The number of aryl methyl sites for hydroxylation is 1. The van der Waals surface area contributed by atoms with Crippen LogP contribution < -0.4 is 14.8 Å². The molecule has 0 aliphatic heterocycles. The van der Waals surface area contributed by atoms with Gasteiger partial charge in [0.25, 0.3) is 5.91 Å². The fraction of sp³-hybridized carbons (Fsp3) is 0.273. The number of aliphatic hydroxyl groups excluding tert-OH is 1. The van der Waals surface area contributed by atoms with Gasteiger partial charge in [-0.1, -0.05) is 30.3 Å². The Morgan fingerprint density at radius 2 is 1.90 bits per heavy atom. The number of carbonyl (C=O) groups excluding carboxylic acids is 1. The molecule has 2 aromatic carbocycles. The summed E-state index contributed by atoms with van der Waals surface area (Å²) in [6, 6.07) is 16.5. The highest BCUT2D eigenvalue weighted by Crippen LogP contribution is 2.32. The van der Waals surface area contributed by atoms with E-state index in [1.807, 2.05) is 42.5 Å². The van der Waals surface area contributed by atoms with Crippen LogP contribution >= 0.6 is 0 Å². The number of aliphatic hydroxyl groups is 1. The van der Waals surface area contributed by atoms with Gasteiger partial charge in [-0.25, -0.2) is 0 Å². The maximum absolute atomic E-state index is 12.8. The summed E-state index contributed by atoms with van der Waals surface area (Å²) >= 11 is 0. The molecular weight excluding hydrogens is 370 g/mol. The second-order valence-electron chi connectivity index (χ2n) is 6.65. The number of nitrogens with zero attached hydrogens (tertiary/aromatic N) is 2. The third-order valence-electron chi connectivity index (χ3n) is 4.68. The molecule has 1 heterocycles. The number of aromatic nitrogens is 2. The molecule has 1 amide bonds. The number of benzene rings is 2. The highest BCUT2D eigenvalue weighted by atomic mass is 16.5. The van der Waals surface area contributed by atoms with Gasteiger partial charge in [-0.3, -0.25) is 9.48 Å². The molecule has 3 rings (SSSR count). The van der Waals surface area contributed by atoms with Crippen molar-refractivity contribution in [2.75, 3.05) is 20.8 Å². The van der Waals surface area contributed by atoms with Crippen LogP contribution in [0.5, 0.6) is 11.5 Å². The van der Waals surface area contributed by atoms with Gasteiger partial charge in [-0.15, -0.1) is 0 Å². The standard InChI is InChI=1S/C22H25N3O4/c1-25-20(22(27)23-16(14-26)11-15-7-5-4-6-8-15)13-19(24-25)18-10-9-17(28-2)12-21(18)29-3/h4-10,12-13,16,26H,11,14H2,1-3H3,(H,23,27)/t16-/m1/s1. The van der Waals surface area contributed by atoms with Crippen molar-refractivity contribution in [3.05, 3.63) is 65.9 Å². The average Bonchev–Trinajstić information content (AvgIpc) is 3.14. The first kappa shape index (κ1) is 20.4. The molecule has 2 N–H and O–H groups in total. The van der Waals surface area contributed by atoms with Gasteiger partial charge in [0.1, 0.15) is 17.2 Å². The van der Waals surface area contributed by atoms with Gasteiger partial charge in [0, 0.05) is 18.7 Å². The van der Waals surface area contributed by atoms with Gasteiger partial charge in [0.2, 0.25) is 0 Å². The number of carbonyl (C=O) groups is 1. The van der Waals surface area contributed by atoms with Crippen LogP contribution in [-0.2, 0) is 13.5 Å². The van der Waals surface area contributed by atoms with E-state index >= 15 is 0 Å². The van der Waals surface area contributed by atoms with Crippen molar-refractivity contribution in [1.82, 2.24) is 15.1 Å². The summed E-state index contributed by atoms with van der Waals surface area (Å²) in [4.78, 5) is 12.8. The fourth-order valence-corrected chi connectivity index (χ4v) is 3.14. The third-order valence-corrected chi connectivity index (χ3v) is 4.68. The topological polar surface area (TPSA) is 85.6 Å². The summed E-state index contributed by atoms with van der Waals surface area (Å²) in [7, 11) is 4.87. The summed E-state index contributed by atoms with van der Waals surface area (Å²) < 4.78 is 12.2. The van der Waals surface area contributed by atoms with Gasteiger partial charge in [-0.05, 0) is 30.2 Å². The highest BCUT2D eigenvalue weighted by molar-refractivity contribution is 5.94. The number of hydrogen-bond acceptors (Lipinski definition) is 5. The van der Waals surface area contributed by atoms with E-state index in [9.17, 15) is 9.90 Å². The van der Waals surface area contributed by atoms with E-state index in [0.29, 0.717) is 29.3 Å². The van der Waals surface area contributed by atoms with Gasteiger partial charge in [0.15, 0.2) is 0 Å². The van der Waals surface area contributed by atoms with E-state index in [-0.39, 0.29) is 12.5 Å². The van der Waals surface area contributed by atoms with Crippen LogP contribution in [0.25, 0.3) is 11.3 Å². The average molecular weight is 395 g/mol. The number of amides is 1. The van der Waals surface area contributed by atoms with Crippen LogP contribution in [0.1, 0.15) is 16.1 Å². The smallest absolute Gasteiger partial charge is 0.269 e. The van der Waals surface area contributed by atoms with Gasteiger partial charge in [0.05, 0.1) is 32.6 Å². The van der Waals surface area contributed by atoms with E-state index in [4.69, 9.17) is 9.47 Å². The first-order chi connectivity index (χ1) is 14.0. The minimum Gasteiger partial charge on any atom is -0.497 e. The predicted molar refractivity (Wildman–Crippen MR) is 110 cm³/mol. The molecule has 0 aliphatic rings. The normalized spacial score (nSPS) is 11.7. The zero-order valence-corrected chi connectivity index (χ0v) is 16.8. The van der Waals surface area contributed by atoms with Crippen LogP contribution in [0.2, 0.25) is 0 Å². The first-order valence-corrected chi connectivity index (χ1v) is 9.27. The van der Waals surface area contributed by atoms with Crippen molar-refractivity contribution in [3.8, 4) is 22.8 Å². The van der Waals surface area contributed by atoms with E-state index in [1.165, 1.54) is 4.68 Å². The molecule has 0 saturated carbocycles. The molecule has 7 nitrogen and oxygen atoms in total. The molecule has 7 heteroatoms. The molecule has 0 bridgehead atoms. The van der Waals surface area contributed by atoms with Crippen LogP contribution in [-0.4, -0.2) is 47.7 Å². The Labute approximate surface area is 169 Å². The molecular formula is C22H25N3O4. The lowest BCUT2D eigenvalue weighted by atomic mass is 10.1. The van der Waals surface area contributed by atoms with Crippen LogP contribution in [0.3, 0.4) is 0 Å². The molecule has 0 fully saturated rings. The van der Waals surface area contributed by atoms with Crippen molar-refractivity contribution in [2.24, 2.45) is 7.05 Å². The number of hydrogen-bond donors (Lipinski definition) is 2. The summed E-state index contributed by atoms with van der Waals surface area (Å²) in [6.07, 6.45) is 0.542. The molecule has 0 radical (unpaired) electrons. The molecule has 1 aromatic heterocycles. The SMILES string of the molecule is COc1ccc(-c2cc(C(=O)N[C@@H](CO)Cc3ccccc3)n(C)n2)c(OC)c1. The number of rotatable bonds is 8. The monoisotopic (exact) mass is 395 g/mol. The number of methoxy groups -OCH3 is 2. The van der Waals surface area contributed by atoms with E-state index in [0.717, 1.165) is 11.1 Å². The summed E-state index contributed by atoms with van der Waals surface area (Å²) in [5.41, 5.74) is 2.80. The van der Waals surface area contributed by atoms with Crippen LogP contribution in [0.4, 0.5) is 0 Å². The lowest BCUT2D eigenvalue weighted by molar-refractivity contribution is 0.0907. The van der Waals surface area contributed by atoms with Crippen LogP contribution in [0, 0.1) is 0 Å². The quantitative estimate of drug-likeness (QED) is 0.612. The van der Waals surface area contributed by atoms with E-state index in [2.05, 4.69) is 10.4 Å². The Hall–Kier alpha value is -3.32. The summed E-state index contributed by atoms with van der Waals surface area (Å²) in [5.74, 6) is 0.978. The maximum atomic E-state index is 12.8. The second-order valence-corrected chi connectivity index (χ2v) is 6.65. The highest BCUT2D eigenvalue weighted by Gasteiger charge is 2.20. The number of ether oxygens (including phenoxy) is 2. The van der Waals surface area contributed by atoms with Crippen molar-refractivity contribution >= 4 is 5.91 Å². The van der Waals surface area contributed by atoms with Crippen LogP contribution in [0.15, 0.2) is 54.6 Å². The second kappa shape index (κ2) is 9.25. The predicted octanol–water partition coefficient (Wildman–Crippen LogP) is 2.44. The van der Waals surface area contributed by atoms with E-state index in [1.54, 1.807) is 33.4 Å². The zero-order chi connectivity index (χ0) is 20.8. The minimum absolute atomic E-state index is 0.155. The molecule has 3 aromatic rings. The Kier molecular flexibility index (Phi) is 6.51. The van der Waals surface area contributed by atoms with Gasteiger partial charge < -0.3 is 19.9 Å². The lowest BCUT2D eigenvalue weighted by Crippen LogP contribution is -2.39. The maximum Gasteiger partial charge on any atom is 0.269 e. The minimum atomic E-state index is -0.390. The summed E-state index contributed by atoms with van der Waals surface area (Å²) in [5, 5.41) is 17.0. The first-order valence-electron chi connectivity index (χ1n) is 9.27.